The average molecular weight is 618 g/mol. The quantitative estimate of drug-likeness (QED) is 0.218. The first kappa shape index (κ1) is 26.2. The Balaban J connectivity index is 2.03. The van der Waals surface area contributed by atoms with Crippen LogP contribution in [0.5, 0.6) is 5.75 Å². The molecule has 0 fully saturated rings. The lowest BCUT2D eigenvalue weighted by Gasteiger charge is -2.39. The molecule has 0 aliphatic rings. The van der Waals surface area contributed by atoms with Crippen LogP contribution in [0.3, 0.4) is 0 Å². The number of ether oxygens (including phenoxy) is 1. The van der Waals surface area contributed by atoms with E-state index < -0.39 is 11.5 Å². The molecule has 0 heterocycles. The molecule has 0 bridgehead atoms. The molecule has 4 aromatic rings. The second-order valence-corrected chi connectivity index (χ2v) is 11.3. The van der Waals surface area contributed by atoms with Gasteiger partial charge in [0.05, 0.1) is 7.11 Å². The van der Waals surface area contributed by atoms with Gasteiger partial charge in [0.25, 0.3) is 0 Å². The fourth-order valence-electron chi connectivity index (χ4n) is 4.64. The van der Waals surface area contributed by atoms with Gasteiger partial charge in [-0.05, 0) is 90.9 Å². The maximum Gasteiger partial charge on any atom is 0.123 e. The third kappa shape index (κ3) is 5.76. The van der Waals surface area contributed by atoms with E-state index in [1.54, 1.807) is 7.11 Å². The minimum absolute atomic E-state index is 0.410. The number of aliphatic hydroxyl groups is 1. The van der Waals surface area contributed by atoms with Crippen LogP contribution in [0.2, 0.25) is 5.02 Å². The molecular formula is C29H28Br2ClNO2. The van der Waals surface area contributed by atoms with E-state index in [-0.39, 0.29) is 0 Å². The predicted molar refractivity (Wildman–Crippen MR) is 153 cm³/mol. The van der Waals surface area contributed by atoms with Crippen molar-refractivity contribution in [2.24, 2.45) is 0 Å². The molecule has 2 atom stereocenters. The molecule has 4 rings (SSSR count). The summed E-state index contributed by atoms with van der Waals surface area (Å²) in [7, 11) is 5.72. The highest BCUT2D eigenvalue weighted by atomic mass is 79.9. The number of benzene rings is 4. The summed E-state index contributed by atoms with van der Waals surface area (Å²) >= 11 is 13.5. The fraction of sp³-hybridized carbons (Fsp3) is 0.241. The van der Waals surface area contributed by atoms with E-state index in [1.165, 1.54) is 0 Å². The van der Waals surface area contributed by atoms with Gasteiger partial charge >= 0.3 is 0 Å². The monoisotopic (exact) mass is 615 g/mol. The van der Waals surface area contributed by atoms with Gasteiger partial charge in [-0.2, -0.15) is 0 Å². The minimum Gasteiger partial charge on any atom is -0.496 e. The third-order valence-electron chi connectivity index (χ3n) is 6.41. The van der Waals surface area contributed by atoms with Gasteiger partial charge in [0.1, 0.15) is 11.4 Å². The van der Waals surface area contributed by atoms with Gasteiger partial charge in [-0.15, -0.1) is 0 Å². The van der Waals surface area contributed by atoms with Crippen LogP contribution in [0.1, 0.15) is 29.0 Å². The molecule has 6 heteroatoms. The third-order valence-corrected chi connectivity index (χ3v) is 7.65. The summed E-state index contributed by atoms with van der Waals surface area (Å²) in [6.07, 6.45) is 0.517. The Labute approximate surface area is 228 Å². The molecule has 0 saturated heterocycles. The molecular weight excluding hydrogens is 590 g/mol. The van der Waals surface area contributed by atoms with E-state index in [9.17, 15) is 5.11 Å². The summed E-state index contributed by atoms with van der Waals surface area (Å²) < 4.78 is 7.84. The molecule has 0 aliphatic carbocycles. The zero-order chi connectivity index (χ0) is 25.2. The summed E-state index contributed by atoms with van der Waals surface area (Å²) in [5.74, 6) is 0.324. The van der Waals surface area contributed by atoms with Crippen LogP contribution < -0.4 is 4.74 Å². The SMILES string of the molecule is COc1cc2ccc(Br)cc2cc1C(c1ccc(Cl)cc1)C(O)(CCN(C)C)c1cccc(Br)c1. The normalized spacial score (nSPS) is 14.2. The number of hydrogen-bond donors (Lipinski definition) is 1. The lowest BCUT2D eigenvalue weighted by molar-refractivity contribution is 0.00389. The molecule has 35 heavy (non-hydrogen) atoms. The zero-order valence-electron chi connectivity index (χ0n) is 19.9. The molecule has 0 amide bonds. The Hall–Kier alpha value is -1.89. The van der Waals surface area contributed by atoms with Crippen molar-refractivity contribution >= 4 is 54.2 Å². The van der Waals surface area contributed by atoms with Crippen LogP contribution in [0, 0.1) is 0 Å². The van der Waals surface area contributed by atoms with Gasteiger partial charge in [-0.25, -0.2) is 0 Å². The standard InChI is InChI=1S/C29H28Br2ClNO2/c1-33(2)14-13-29(34,22-5-4-6-23(30)18-22)28(19-8-11-25(32)12-9-19)26-16-21-15-24(31)10-7-20(21)17-27(26)35-3/h4-12,15-18,28,34H,13-14H2,1-3H3. The van der Waals surface area contributed by atoms with Gasteiger partial charge in [0.2, 0.25) is 0 Å². The number of halogens is 3. The lowest BCUT2D eigenvalue weighted by atomic mass is 9.71. The van der Waals surface area contributed by atoms with Gasteiger partial charge in [0.15, 0.2) is 0 Å². The van der Waals surface area contributed by atoms with Crippen molar-refractivity contribution in [1.29, 1.82) is 0 Å². The Morgan fingerprint density at radius 3 is 2.29 bits per heavy atom. The highest BCUT2D eigenvalue weighted by Crippen LogP contribution is 2.48. The first-order valence-corrected chi connectivity index (χ1v) is 13.3. The summed E-state index contributed by atoms with van der Waals surface area (Å²) in [6, 6.07) is 26.0. The van der Waals surface area contributed by atoms with Gasteiger partial charge in [-0.3, -0.25) is 0 Å². The average Bonchev–Trinajstić information content (AvgIpc) is 2.83. The second kappa shape index (κ2) is 11.0. The van der Waals surface area contributed by atoms with Crippen LogP contribution in [0.25, 0.3) is 10.8 Å². The highest BCUT2D eigenvalue weighted by molar-refractivity contribution is 9.10. The highest BCUT2D eigenvalue weighted by Gasteiger charge is 2.42. The molecule has 2 unspecified atom stereocenters. The number of hydrogen-bond acceptors (Lipinski definition) is 3. The maximum atomic E-state index is 12.7. The van der Waals surface area contributed by atoms with Crippen LogP contribution in [0.4, 0.5) is 0 Å². The van der Waals surface area contributed by atoms with Crippen LogP contribution >= 0.6 is 43.5 Å². The molecule has 0 spiro atoms. The summed E-state index contributed by atoms with van der Waals surface area (Å²) in [5, 5.41) is 15.5. The van der Waals surface area contributed by atoms with Crippen molar-refractivity contribution in [1.82, 2.24) is 4.90 Å². The topological polar surface area (TPSA) is 32.7 Å². The zero-order valence-corrected chi connectivity index (χ0v) is 23.9. The molecule has 0 saturated carbocycles. The molecule has 0 aliphatic heterocycles. The van der Waals surface area contributed by atoms with Crippen molar-refractivity contribution in [2.45, 2.75) is 17.9 Å². The Morgan fingerprint density at radius 1 is 0.914 bits per heavy atom. The molecule has 4 aromatic carbocycles. The largest absolute Gasteiger partial charge is 0.496 e. The van der Waals surface area contributed by atoms with E-state index >= 15 is 0 Å². The molecule has 0 radical (unpaired) electrons. The predicted octanol–water partition coefficient (Wildman–Crippen LogP) is 8.00. The Kier molecular flexibility index (Phi) is 8.24. The van der Waals surface area contributed by atoms with Crippen molar-refractivity contribution in [2.75, 3.05) is 27.7 Å². The number of nitrogens with zero attached hydrogens (tertiary/aromatic N) is 1. The van der Waals surface area contributed by atoms with E-state index in [0.717, 1.165) is 42.2 Å². The number of fused-ring (bicyclic) bond motifs is 1. The van der Waals surface area contributed by atoms with Gasteiger partial charge < -0.3 is 14.7 Å². The van der Waals surface area contributed by atoms with E-state index in [1.807, 2.05) is 74.8 Å². The second-order valence-electron chi connectivity index (χ2n) is 9.06. The smallest absolute Gasteiger partial charge is 0.123 e. The van der Waals surface area contributed by atoms with Crippen LogP contribution in [-0.4, -0.2) is 37.8 Å². The van der Waals surface area contributed by atoms with E-state index in [4.69, 9.17) is 16.3 Å². The summed E-state index contributed by atoms with van der Waals surface area (Å²) in [6.45, 7) is 0.703. The molecule has 3 nitrogen and oxygen atoms in total. The lowest BCUT2D eigenvalue weighted by Crippen LogP contribution is -2.37. The molecule has 0 aromatic heterocycles. The van der Waals surface area contributed by atoms with Gasteiger partial charge in [0, 0.05) is 32.0 Å². The fourth-order valence-corrected chi connectivity index (χ4v) is 5.55. The number of rotatable bonds is 8. The minimum atomic E-state index is -1.23. The van der Waals surface area contributed by atoms with Crippen molar-refractivity contribution in [3.8, 4) is 5.75 Å². The van der Waals surface area contributed by atoms with Crippen molar-refractivity contribution in [3.05, 3.63) is 110 Å². The van der Waals surface area contributed by atoms with Gasteiger partial charge in [-0.1, -0.05) is 73.8 Å². The Bertz CT molecular complexity index is 1330. The first-order valence-electron chi connectivity index (χ1n) is 11.4. The maximum absolute atomic E-state index is 12.7. The summed E-state index contributed by atoms with van der Waals surface area (Å²) in [4.78, 5) is 2.09. The molecule has 182 valence electrons. The van der Waals surface area contributed by atoms with E-state index in [0.29, 0.717) is 18.0 Å². The van der Waals surface area contributed by atoms with Crippen molar-refractivity contribution in [3.63, 3.8) is 0 Å². The van der Waals surface area contributed by atoms with Crippen LogP contribution in [0.15, 0.2) is 87.8 Å². The first-order chi connectivity index (χ1) is 16.7. The van der Waals surface area contributed by atoms with Crippen LogP contribution in [-0.2, 0) is 5.60 Å². The Morgan fingerprint density at radius 2 is 1.63 bits per heavy atom. The van der Waals surface area contributed by atoms with E-state index in [2.05, 4.69) is 55.0 Å². The molecule has 1 N–H and O–H groups in total. The van der Waals surface area contributed by atoms with Crippen molar-refractivity contribution < 1.29 is 9.84 Å². The number of methoxy groups -OCH3 is 1. The summed E-state index contributed by atoms with van der Waals surface area (Å²) in [5.41, 5.74) is 1.49.